The Labute approximate surface area is 332 Å². The topological polar surface area (TPSA) is 203 Å². The van der Waals surface area contributed by atoms with Gasteiger partial charge in [0.2, 0.25) is 0 Å². The van der Waals surface area contributed by atoms with Crippen molar-refractivity contribution in [2.24, 2.45) is 0 Å². The van der Waals surface area contributed by atoms with Crippen molar-refractivity contribution < 1.29 is 77.6 Å². The molecule has 0 bridgehead atoms. The minimum absolute atomic E-state index is 0.139. The number of aliphatic carboxylic acids is 4. The maximum Gasteiger partial charge on any atom is 0.139 e. The van der Waals surface area contributed by atoms with Crippen molar-refractivity contribution in [3.63, 3.8) is 0 Å². The first-order valence-corrected chi connectivity index (χ1v) is 18.3. The molecule has 308 valence electrons. The fraction of sp³-hybridized carbons (Fsp3) is 0.238. The quantitative estimate of drug-likeness (QED) is 0.0903. The van der Waals surface area contributed by atoms with Crippen molar-refractivity contribution in [3.05, 3.63) is 167 Å². The van der Waals surface area contributed by atoms with Crippen molar-refractivity contribution in [2.75, 3.05) is 52.4 Å². The Morgan fingerprint density at radius 2 is 0.603 bits per heavy atom. The average molecular weight is 809 g/mol. The van der Waals surface area contributed by atoms with Crippen LogP contribution in [0.5, 0.6) is 0 Å². The Balaban J connectivity index is 0.000000228. The Bertz CT molecular complexity index is 1690. The van der Waals surface area contributed by atoms with Gasteiger partial charge in [-0.05, 0) is 121 Å². The zero-order valence-corrected chi connectivity index (χ0v) is 31.3. The van der Waals surface area contributed by atoms with E-state index < -0.39 is 23.9 Å². The number of carboxylic acid groups (broad SMARTS) is 4. The molecule has 4 aromatic carbocycles. The summed E-state index contributed by atoms with van der Waals surface area (Å²) in [6.45, 7) is 8.59. The molecule has 2 aliphatic heterocycles. The molecule has 0 aromatic heterocycles. The smallest absolute Gasteiger partial charge is 0.139 e. The van der Waals surface area contributed by atoms with Gasteiger partial charge in [0.05, 0.1) is 23.9 Å². The van der Waals surface area contributed by atoms with Crippen molar-refractivity contribution in [1.29, 1.82) is 0 Å². The number of nitrogens with one attached hydrogen (secondary N) is 2. The van der Waals surface area contributed by atoms with E-state index >= 15 is 0 Å². The summed E-state index contributed by atoms with van der Waals surface area (Å²) in [4.78, 5) is 40.6. The third-order valence-electron chi connectivity index (χ3n) is 9.02. The molecule has 0 unspecified atom stereocenters. The number of carboxylic acids is 4. The lowest BCUT2D eigenvalue weighted by Crippen LogP contribution is -3.20. The van der Waals surface area contributed by atoms with Crippen LogP contribution in [0, 0.1) is 23.3 Å². The maximum absolute atomic E-state index is 13.2. The van der Waals surface area contributed by atoms with E-state index in [1.165, 1.54) is 58.3 Å². The summed E-state index contributed by atoms with van der Waals surface area (Å²) >= 11 is 0. The van der Waals surface area contributed by atoms with E-state index in [-0.39, 0.29) is 35.4 Å². The molecule has 4 aromatic rings. The summed E-state index contributed by atoms with van der Waals surface area (Å²) in [5.41, 5.74) is 4.33. The molecule has 16 heteroatoms. The van der Waals surface area contributed by atoms with Gasteiger partial charge in [-0.1, -0.05) is 0 Å². The fourth-order valence-electron chi connectivity index (χ4n) is 6.49. The Morgan fingerprint density at radius 3 is 0.776 bits per heavy atom. The lowest BCUT2D eigenvalue weighted by Gasteiger charge is -2.31. The molecule has 2 fully saturated rings. The fourth-order valence-corrected chi connectivity index (χ4v) is 6.49. The van der Waals surface area contributed by atoms with Gasteiger partial charge < -0.3 is 60.0 Å². The minimum atomic E-state index is -1.55. The summed E-state index contributed by atoms with van der Waals surface area (Å²) in [6.07, 6.45) is 1.54. The van der Waals surface area contributed by atoms with Gasteiger partial charge in [-0.25, -0.2) is 17.6 Å². The van der Waals surface area contributed by atoms with Gasteiger partial charge in [-0.2, -0.15) is 0 Å². The largest absolute Gasteiger partial charge is 0.545 e. The van der Waals surface area contributed by atoms with Gasteiger partial charge in [0.25, 0.3) is 0 Å². The first kappa shape index (κ1) is 46.2. The first-order chi connectivity index (χ1) is 27.7. The van der Waals surface area contributed by atoms with Crippen molar-refractivity contribution in [3.8, 4) is 0 Å². The van der Waals surface area contributed by atoms with Crippen LogP contribution >= 0.6 is 0 Å². The van der Waals surface area contributed by atoms with E-state index in [9.17, 15) is 57.2 Å². The number of halogens is 4. The molecule has 12 nitrogen and oxygen atoms in total. The van der Waals surface area contributed by atoms with Crippen LogP contribution in [0.25, 0.3) is 0 Å². The Morgan fingerprint density at radius 1 is 0.414 bits per heavy atom. The summed E-state index contributed by atoms with van der Waals surface area (Å²) in [5.74, 6) is -7.08. The molecule has 0 atom stereocenters. The molecule has 6 rings (SSSR count). The number of quaternary nitrogens is 4. The predicted molar refractivity (Wildman–Crippen MR) is 192 cm³/mol. The number of nitrogens with two attached hydrogens (primary N) is 2. The van der Waals surface area contributed by atoms with Crippen molar-refractivity contribution in [1.82, 2.24) is 0 Å². The van der Waals surface area contributed by atoms with Gasteiger partial charge in [0.15, 0.2) is 0 Å². The van der Waals surface area contributed by atoms with Crippen molar-refractivity contribution in [2.45, 2.75) is 12.1 Å². The highest BCUT2D eigenvalue weighted by Gasteiger charge is 2.30. The zero-order chi connectivity index (χ0) is 42.5. The van der Waals surface area contributed by atoms with E-state index in [1.807, 2.05) is 48.5 Å². The number of hydrogen-bond acceptors (Lipinski definition) is 8. The second kappa shape index (κ2) is 24.4. The molecular formula is C42H44F4N4O8. The zero-order valence-electron chi connectivity index (χ0n) is 31.3. The molecule has 0 radical (unpaired) electrons. The van der Waals surface area contributed by atoms with Gasteiger partial charge in [-0.3, -0.25) is 0 Å². The lowest BCUT2D eigenvalue weighted by atomic mass is 9.96. The highest BCUT2D eigenvalue weighted by atomic mass is 19.1. The molecule has 2 saturated heterocycles. The second-order valence-corrected chi connectivity index (χ2v) is 13.1. The SMILES string of the molecule is Fc1ccc(C(c2ccc(F)cc2)[NH+]2CC[NH2+]CC2)cc1.Fc1ccc(C(c2ccc(F)cc2)[NH+]2CC[NH2+]CC2)cc1.O=C([O-])/C=C\C(=O)[O-].O=C([O-])/C=C\C(=O)[O-]. The van der Waals surface area contributed by atoms with Crippen LogP contribution in [0.2, 0.25) is 0 Å². The summed E-state index contributed by atoms with van der Waals surface area (Å²) in [7, 11) is 0. The second-order valence-electron chi connectivity index (χ2n) is 13.1. The number of carbonyl (C=O) groups excluding carboxylic acids is 4. The van der Waals surface area contributed by atoms with E-state index in [4.69, 9.17) is 0 Å². The summed E-state index contributed by atoms with van der Waals surface area (Å²) in [5, 5.41) is 42.3. The van der Waals surface area contributed by atoms with Gasteiger partial charge in [0.1, 0.15) is 87.7 Å². The van der Waals surface area contributed by atoms with E-state index in [0.29, 0.717) is 24.3 Å². The Kier molecular flexibility index (Phi) is 19.5. The number of rotatable bonds is 10. The van der Waals surface area contributed by atoms with Crippen LogP contribution in [0.15, 0.2) is 121 Å². The number of piperazine rings is 2. The standard InChI is InChI=1S/2C17H18F2N2.2C4H4O4/c2*18-15-5-1-13(2-6-15)17(21-11-9-20-10-12-21)14-3-7-16(19)8-4-14;2*5-3(6)1-2-4(7)8/h2*1-8,17,20H,9-12H2;2*1-2H,(H,5,6)(H,7,8)/b;;2*2-1-. The monoisotopic (exact) mass is 808 g/mol. The van der Waals surface area contributed by atoms with Gasteiger partial charge in [0, 0.05) is 22.3 Å². The third kappa shape index (κ3) is 16.9. The molecule has 0 aliphatic carbocycles. The summed E-state index contributed by atoms with van der Waals surface area (Å²) in [6, 6.07) is 27.0. The average Bonchev–Trinajstić information content (AvgIpc) is 3.21. The highest BCUT2D eigenvalue weighted by molar-refractivity contribution is 5.88. The number of carbonyl (C=O) groups is 4. The van der Waals surface area contributed by atoms with Crippen LogP contribution in [0.1, 0.15) is 34.3 Å². The third-order valence-corrected chi connectivity index (χ3v) is 9.02. The van der Waals surface area contributed by atoms with Crippen LogP contribution in [-0.4, -0.2) is 76.2 Å². The molecule has 6 N–H and O–H groups in total. The van der Waals surface area contributed by atoms with E-state index in [0.717, 1.165) is 74.6 Å². The molecule has 58 heavy (non-hydrogen) atoms. The molecule has 2 aliphatic rings. The van der Waals surface area contributed by atoms with Crippen LogP contribution in [-0.2, 0) is 19.2 Å². The molecular weight excluding hydrogens is 764 g/mol. The number of hydrogen-bond donors (Lipinski definition) is 4. The minimum Gasteiger partial charge on any atom is -0.545 e. The van der Waals surface area contributed by atoms with E-state index in [1.54, 1.807) is 0 Å². The molecule has 0 spiro atoms. The molecule has 0 saturated carbocycles. The lowest BCUT2D eigenvalue weighted by molar-refractivity contribution is -0.967. The van der Waals surface area contributed by atoms with E-state index in [2.05, 4.69) is 10.6 Å². The van der Waals surface area contributed by atoms with Gasteiger partial charge >= 0.3 is 0 Å². The number of benzene rings is 4. The molecule has 2 heterocycles. The van der Waals surface area contributed by atoms with Gasteiger partial charge in [-0.15, -0.1) is 0 Å². The predicted octanol–water partition coefficient (Wildman–Crippen LogP) is -4.88. The summed E-state index contributed by atoms with van der Waals surface area (Å²) < 4.78 is 52.7. The normalized spacial score (nSPS) is 14.4. The van der Waals surface area contributed by atoms with Crippen LogP contribution in [0.4, 0.5) is 17.6 Å². The van der Waals surface area contributed by atoms with Crippen LogP contribution in [0.3, 0.4) is 0 Å². The Hall–Kier alpha value is -6.20. The van der Waals surface area contributed by atoms with Crippen LogP contribution < -0.4 is 40.9 Å². The highest BCUT2D eigenvalue weighted by Crippen LogP contribution is 2.21. The maximum atomic E-state index is 13.2. The molecule has 0 amide bonds. The first-order valence-electron chi connectivity index (χ1n) is 18.3. The van der Waals surface area contributed by atoms with Crippen molar-refractivity contribution >= 4 is 23.9 Å².